The van der Waals surface area contributed by atoms with Crippen LogP contribution in [0.1, 0.15) is 77.6 Å². The smallest absolute Gasteiger partial charge is 0.303 e. The van der Waals surface area contributed by atoms with Crippen LogP contribution >= 0.6 is 0 Å². The van der Waals surface area contributed by atoms with Gasteiger partial charge in [-0.3, -0.25) is 14.4 Å². The van der Waals surface area contributed by atoms with Crippen LogP contribution in [0.2, 0.25) is 0 Å². The first-order valence-corrected chi connectivity index (χ1v) is 9.59. The second-order valence-electron chi connectivity index (χ2n) is 7.05. The monoisotopic (exact) mass is 352 g/mol. The number of Topliss-reactive ketones (excluding diaryl/α,β-unsaturated/α-hetero) is 1. The number of carboxylic acids is 1. The Morgan fingerprint density at radius 2 is 1.76 bits per heavy atom. The highest BCUT2D eigenvalue weighted by Crippen LogP contribution is 2.34. The minimum Gasteiger partial charge on any atom is -0.481 e. The summed E-state index contributed by atoms with van der Waals surface area (Å²) in [6.07, 6.45) is 10.4. The molecule has 5 heteroatoms. The Morgan fingerprint density at radius 1 is 1.08 bits per heavy atom. The minimum atomic E-state index is -0.775. The number of unbranched alkanes of at least 4 members (excludes halogenated alkanes) is 5. The number of ketones is 2. The van der Waals surface area contributed by atoms with Gasteiger partial charge >= 0.3 is 5.97 Å². The van der Waals surface area contributed by atoms with E-state index in [1.54, 1.807) is 12.2 Å². The zero-order valence-corrected chi connectivity index (χ0v) is 15.3. The number of aliphatic carboxylic acids is 1. The van der Waals surface area contributed by atoms with E-state index < -0.39 is 12.1 Å². The van der Waals surface area contributed by atoms with Gasteiger partial charge in [-0.05, 0) is 25.3 Å². The average molecular weight is 352 g/mol. The normalized spacial score (nSPS) is 23.4. The topological polar surface area (TPSA) is 91.7 Å². The van der Waals surface area contributed by atoms with Crippen LogP contribution in [0, 0.1) is 11.8 Å². The number of allylic oxidation sites excluding steroid dienone is 1. The lowest BCUT2D eigenvalue weighted by molar-refractivity contribution is -0.137. The zero-order valence-electron chi connectivity index (χ0n) is 15.3. The molecule has 0 aromatic rings. The van der Waals surface area contributed by atoms with Crippen LogP contribution < -0.4 is 0 Å². The molecule has 0 aliphatic heterocycles. The Balaban J connectivity index is 2.40. The molecule has 1 fully saturated rings. The van der Waals surface area contributed by atoms with E-state index in [-0.39, 0.29) is 36.2 Å². The van der Waals surface area contributed by atoms with E-state index in [0.717, 1.165) is 38.5 Å². The summed E-state index contributed by atoms with van der Waals surface area (Å²) in [5, 5.41) is 18.7. The van der Waals surface area contributed by atoms with Crippen molar-refractivity contribution in [1.82, 2.24) is 0 Å². The van der Waals surface area contributed by atoms with E-state index in [2.05, 4.69) is 6.92 Å². The first kappa shape index (κ1) is 21.6. The van der Waals surface area contributed by atoms with E-state index in [1.165, 1.54) is 0 Å². The summed E-state index contributed by atoms with van der Waals surface area (Å²) in [6, 6.07) is 0. The van der Waals surface area contributed by atoms with Crippen molar-refractivity contribution in [3.05, 3.63) is 12.2 Å². The van der Waals surface area contributed by atoms with Gasteiger partial charge < -0.3 is 10.2 Å². The number of aliphatic hydroxyl groups is 1. The van der Waals surface area contributed by atoms with Crippen LogP contribution in [0.4, 0.5) is 0 Å². The predicted molar refractivity (Wildman–Crippen MR) is 96.2 cm³/mol. The molecule has 3 atom stereocenters. The van der Waals surface area contributed by atoms with Crippen LogP contribution in [-0.2, 0) is 14.4 Å². The van der Waals surface area contributed by atoms with Crippen molar-refractivity contribution in [2.24, 2.45) is 11.8 Å². The van der Waals surface area contributed by atoms with Gasteiger partial charge in [-0.25, -0.2) is 0 Å². The molecule has 142 valence electrons. The summed E-state index contributed by atoms with van der Waals surface area (Å²) in [4.78, 5) is 34.4. The molecule has 0 aromatic heterocycles. The molecular formula is C20H32O5. The summed E-state index contributed by atoms with van der Waals surface area (Å²) in [5.41, 5.74) is 0. The standard InChI is InChI=1S/C20H32O5/c1-2-3-6-9-15(21)12-13-17-16(18(22)14-19(17)23)10-7-4-5-8-11-20(24)25/h12-13,16-17,19,23H,2-11,14H2,1H3,(H,24,25)/b13-12+/t16-,17+,19+/m0/s1. The first-order chi connectivity index (χ1) is 12.0. The lowest BCUT2D eigenvalue weighted by Gasteiger charge is -2.17. The Kier molecular flexibility index (Phi) is 10.3. The molecule has 0 saturated heterocycles. The van der Waals surface area contributed by atoms with Crippen molar-refractivity contribution in [3.8, 4) is 0 Å². The summed E-state index contributed by atoms with van der Waals surface area (Å²) in [6.45, 7) is 2.09. The highest BCUT2D eigenvalue weighted by molar-refractivity contribution is 5.90. The largest absolute Gasteiger partial charge is 0.481 e. The van der Waals surface area contributed by atoms with Gasteiger partial charge in [0.05, 0.1) is 6.10 Å². The fourth-order valence-corrected chi connectivity index (χ4v) is 3.44. The third-order valence-electron chi connectivity index (χ3n) is 4.92. The van der Waals surface area contributed by atoms with E-state index in [1.807, 2.05) is 0 Å². The van der Waals surface area contributed by atoms with E-state index in [4.69, 9.17) is 5.11 Å². The predicted octanol–water partition coefficient (Wildman–Crippen LogP) is 3.68. The van der Waals surface area contributed by atoms with Gasteiger partial charge in [-0.15, -0.1) is 0 Å². The van der Waals surface area contributed by atoms with Crippen molar-refractivity contribution >= 4 is 17.5 Å². The fourth-order valence-electron chi connectivity index (χ4n) is 3.44. The molecule has 0 spiro atoms. The summed E-state index contributed by atoms with van der Waals surface area (Å²) in [7, 11) is 0. The molecule has 2 N–H and O–H groups in total. The van der Waals surface area contributed by atoms with Gasteiger partial charge in [0.25, 0.3) is 0 Å². The molecule has 1 rings (SSSR count). The highest BCUT2D eigenvalue weighted by atomic mass is 16.4. The second-order valence-corrected chi connectivity index (χ2v) is 7.05. The number of rotatable bonds is 13. The van der Waals surface area contributed by atoms with E-state index in [9.17, 15) is 19.5 Å². The number of carbonyl (C=O) groups is 3. The molecule has 1 aliphatic carbocycles. The Labute approximate surface area is 150 Å². The Hall–Kier alpha value is -1.49. The van der Waals surface area contributed by atoms with Crippen LogP contribution in [0.5, 0.6) is 0 Å². The molecule has 5 nitrogen and oxygen atoms in total. The van der Waals surface area contributed by atoms with Crippen LogP contribution in [0.3, 0.4) is 0 Å². The molecule has 25 heavy (non-hydrogen) atoms. The SMILES string of the molecule is CCCCCC(=O)/C=C/[C@H]1[C@H](O)CC(=O)[C@H]1CCCCCCC(=O)O. The van der Waals surface area contributed by atoms with Crippen molar-refractivity contribution in [2.45, 2.75) is 83.7 Å². The van der Waals surface area contributed by atoms with Crippen LogP contribution in [0.25, 0.3) is 0 Å². The van der Waals surface area contributed by atoms with Crippen molar-refractivity contribution < 1.29 is 24.6 Å². The average Bonchev–Trinajstić information content (AvgIpc) is 2.82. The van der Waals surface area contributed by atoms with Gasteiger partial charge in [0, 0.05) is 31.1 Å². The second kappa shape index (κ2) is 12.0. The number of hydrogen-bond acceptors (Lipinski definition) is 4. The van der Waals surface area contributed by atoms with Crippen LogP contribution in [0.15, 0.2) is 12.2 Å². The maximum Gasteiger partial charge on any atom is 0.303 e. The fraction of sp³-hybridized carbons (Fsp3) is 0.750. The number of carboxylic acid groups (broad SMARTS) is 1. The summed E-state index contributed by atoms with van der Waals surface area (Å²) in [5.74, 6) is -1.11. The minimum absolute atomic E-state index is 0.0624. The maximum absolute atomic E-state index is 12.1. The molecule has 0 unspecified atom stereocenters. The van der Waals surface area contributed by atoms with E-state index >= 15 is 0 Å². The molecule has 0 radical (unpaired) electrons. The lowest BCUT2D eigenvalue weighted by atomic mass is 9.88. The van der Waals surface area contributed by atoms with E-state index in [0.29, 0.717) is 19.3 Å². The third-order valence-corrected chi connectivity index (χ3v) is 4.92. The summed E-state index contributed by atoms with van der Waals surface area (Å²) >= 11 is 0. The van der Waals surface area contributed by atoms with Crippen molar-refractivity contribution in [1.29, 1.82) is 0 Å². The molecule has 1 aliphatic rings. The number of carbonyl (C=O) groups excluding carboxylic acids is 2. The molecule has 1 saturated carbocycles. The zero-order chi connectivity index (χ0) is 18.7. The van der Waals surface area contributed by atoms with Gasteiger partial charge in [-0.1, -0.05) is 45.1 Å². The van der Waals surface area contributed by atoms with Gasteiger partial charge in [0.1, 0.15) is 5.78 Å². The van der Waals surface area contributed by atoms with Gasteiger partial charge in [-0.2, -0.15) is 0 Å². The Morgan fingerprint density at radius 3 is 2.44 bits per heavy atom. The summed E-state index contributed by atoms with van der Waals surface area (Å²) < 4.78 is 0. The quantitative estimate of drug-likeness (QED) is 0.390. The lowest BCUT2D eigenvalue weighted by Crippen LogP contribution is -2.19. The first-order valence-electron chi connectivity index (χ1n) is 9.59. The molecule has 0 aromatic carbocycles. The van der Waals surface area contributed by atoms with Gasteiger partial charge in [0.15, 0.2) is 5.78 Å². The third kappa shape index (κ3) is 8.43. The van der Waals surface area contributed by atoms with Crippen molar-refractivity contribution in [3.63, 3.8) is 0 Å². The highest BCUT2D eigenvalue weighted by Gasteiger charge is 2.39. The van der Waals surface area contributed by atoms with Crippen LogP contribution in [-0.4, -0.2) is 33.9 Å². The molecule has 0 bridgehead atoms. The molecule has 0 heterocycles. The van der Waals surface area contributed by atoms with Gasteiger partial charge in [0.2, 0.25) is 0 Å². The molecule has 0 amide bonds. The number of hydrogen-bond donors (Lipinski definition) is 2. The van der Waals surface area contributed by atoms with Crippen molar-refractivity contribution in [2.75, 3.05) is 0 Å². The number of aliphatic hydroxyl groups excluding tert-OH is 1. The maximum atomic E-state index is 12.1. The Bertz CT molecular complexity index is 469. The molecular weight excluding hydrogens is 320 g/mol.